The van der Waals surface area contributed by atoms with Gasteiger partial charge in [0, 0.05) is 19.2 Å². The number of hydrogen-bond acceptors (Lipinski definition) is 6. The summed E-state index contributed by atoms with van der Waals surface area (Å²) in [6.07, 6.45) is -4.80. The van der Waals surface area contributed by atoms with Crippen LogP contribution in [-0.2, 0) is 24.9 Å². The fraction of sp³-hybridized carbons (Fsp3) is 0.185. The van der Waals surface area contributed by atoms with E-state index in [4.69, 9.17) is 0 Å². The van der Waals surface area contributed by atoms with Gasteiger partial charge in [-0.05, 0) is 53.6 Å². The van der Waals surface area contributed by atoms with Crippen molar-refractivity contribution in [2.45, 2.75) is 19.5 Å². The highest BCUT2D eigenvalue weighted by Crippen LogP contribution is 2.22. The number of aryl methyl sites for hydroxylation is 1. The molecular formula is C27H22F3N3O6. The standard InChI is InChI=1S/C27H22F3N3O6/c1-32-22-12-9-19(23(34)31-14-16-5-10-20(11-6-16)39-27(28,29)30)13-21(22)24(35)33(26(32)37)15-17-3-7-18(8-4-17)25(36)38-2/h3-13H,14-15H2,1-2H3,(H,31,34). The van der Waals surface area contributed by atoms with E-state index in [1.165, 1.54) is 61.2 Å². The first kappa shape index (κ1) is 27.2. The van der Waals surface area contributed by atoms with Gasteiger partial charge in [0.25, 0.3) is 11.5 Å². The molecule has 4 aromatic rings. The van der Waals surface area contributed by atoms with Crippen LogP contribution in [0, 0.1) is 0 Å². The number of hydrogen-bond donors (Lipinski definition) is 1. The largest absolute Gasteiger partial charge is 0.573 e. The number of nitrogens with zero attached hydrogens (tertiary/aromatic N) is 2. The Bertz CT molecular complexity index is 1660. The number of amides is 1. The van der Waals surface area contributed by atoms with Crippen molar-refractivity contribution in [1.82, 2.24) is 14.5 Å². The summed E-state index contributed by atoms with van der Waals surface area (Å²) in [5, 5.41) is 2.79. The van der Waals surface area contributed by atoms with Gasteiger partial charge in [0.1, 0.15) is 5.75 Å². The summed E-state index contributed by atoms with van der Waals surface area (Å²) in [4.78, 5) is 50.6. The predicted octanol–water partition coefficient (Wildman–Crippen LogP) is 3.36. The number of ether oxygens (including phenoxy) is 2. The smallest absolute Gasteiger partial charge is 0.465 e. The highest BCUT2D eigenvalue weighted by Gasteiger charge is 2.31. The zero-order chi connectivity index (χ0) is 28.3. The zero-order valence-electron chi connectivity index (χ0n) is 20.7. The molecule has 4 rings (SSSR count). The lowest BCUT2D eigenvalue weighted by Gasteiger charge is -2.12. The quantitative estimate of drug-likeness (QED) is 0.360. The van der Waals surface area contributed by atoms with E-state index in [1.807, 2.05) is 0 Å². The summed E-state index contributed by atoms with van der Waals surface area (Å²) < 4.78 is 47.8. The molecule has 0 fully saturated rings. The lowest BCUT2D eigenvalue weighted by Crippen LogP contribution is -2.39. The van der Waals surface area contributed by atoms with Gasteiger partial charge in [-0.25, -0.2) is 9.59 Å². The summed E-state index contributed by atoms with van der Waals surface area (Å²) in [7, 11) is 2.77. The number of carbonyl (C=O) groups excluding carboxylic acids is 2. The van der Waals surface area contributed by atoms with Crippen LogP contribution in [0.25, 0.3) is 10.9 Å². The van der Waals surface area contributed by atoms with Crippen LogP contribution in [0.4, 0.5) is 13.2 Å². The molecule has 12 heteroatoms. The van der Waals surface area contributed by atoms with Crippen LogP contribution in [0.1, 0.15) is 31.8 Å². The molecule has 1 N–H and O–H groups in total. The van der Waals surface area contributed by atoms with Crippen LogP contribution in [0.5, 0.6) is 5.75 Å². The van der Waals surface area contributed by atoms with Crippen molar-refractivity contribution < 1.29 is 32.2 Å². The minimum absolute atomic E-state index is 0.0161. The van der Waals surface area contributed by atoms with E-state index in [0.717, 1.165) is 16.7 Å². The number of nitrogens with one attached hydrogen (secondary N) is 1. The molecule has 0 radical (unpaired) electrons. The first-order valence-corrected chi connectivity index (χ1v) is 11.5. The Morgan fingerprint density at radius 3 is 2.13 bits per heavy atom. The summed E-state index contributed by atoms with van der Waals surface area (Å²) in [6.45, 7) is -0.0460. The van der Waals surface area contributed by atoms with Gasteiger partial charge in [-0.1, -0.05) is 24.3 Å². The van der Waals surface area contributed by atoms with Gasteiger partial charge in [-0.15, -0.1) is 13.2 Å². The molecule has 0 bridgehead atoms. The lowest BCUT2D eigenvalue weighted by molar-refractivity contribution is -0.274. The second-order valence-electron chi connectivity index (χ2n) is 8.53. The average Bonchev–Trinajstić information content (AvgIpc) is 2.92. The minimum Gasteiger partial charge on any atom is -0.465 e. The van der Waals surface area contributed by atoms with Crippen LogP contribution in [0.15, 0.2) is 76.3 Å². The van der Waals surface area contributed by atoms with E-state index in [0.29, 0.717) is 22.2 Å². The number of alkyl halides is 3. The van der Waals surface area contributed by atoms with Gasteiger partial charge >= 0.3 is 18.0 Å². The SMILES string of the molecule is COC(=O)c1ccc(Cn2c(=O)c3cc(C(=O)NCc4ccc(OC(F)(F)F)cc4)ccc3n(C)c2=O)cc1. The number of carbonyl (C=O) groups is 2. The Morgan fingerprint density at radius 1 is 0.897 bits per heavy atom. The van der Waals surface area contributed by atoms with Gasteiger partial charge in [0.15, 0.2) is 0 Å². The maximum absolute atomic E-state index is 13.3. The molecule has 1 heterocycles. The predicted molar refractivity (Wildman–Crippen MR) is 135 cm³/mol. The maximum Gasteiger partial charge on any atom is 0.573 e. The molecule has 9 nitrogen and oxygen atoms in total. The third kappa shape index (κ3) is 6.17. The maximum atomic E-state index is 13.3. The Morgan fingerprint density at radius 2 is 1.51 bits per heavy atom. The van der Waals surface area contributed by atoms with Crippen molar-refractivity contribution >= 4 is 22.8 Å². The highest BCUT2D eigenvalue weighted by molar-refractivity contribution is 5.97. The molecule has 0 aliphatic carbocycles. The number of esters is 1. The van der Waals surface area contributed by atoms with Gasteiger partial charge in [-0.3, -0.25) is 18.7 Å². The molecular weight excluding hydrogens is 519 g/mol. The topological polar surface area (TPSA) is 109 Å². The molecule has 1 amide bonds. The molecule has 1 aromatic heterocycles. The van der Waals surface area contributed by atoms with Crippen molar-refractivity contribution in [3.63, 3.8) is 0 Å². The van der Waals surface area contributed by atoms with Crippen LogP contribution >= 0.6 is 0 Å². The second kappa shape index (κ2) is 10.9. The molecule has 39 heavy (non-hydrogen) atoms. The monoisotopic (exact) mass is 541 g/mol. The third-order valence-electron chi connectivity index (χ3n) is 5.94. The van der Waals surface area contributed by atoms with Gasteiger partial charge in [-0.2, -0.15) is 0 Å². The fourth-order valence-electron chi connectivity index (χ4n) is 3.94. The van der Waals surface area contributed by atoms with E-state index in [1.54, 1.807) is 12.1 Å². The average molecular weight is 541 g/mol. The minimum atomic E-state index is -4.80. The van der Waals surface area contributed by atoms with Crippen LogP contribution in [-0.4, -0.2) is 34.5 Å². The fourth-order valence-corrected chi connectivity index (χ4v) is 3.94. The van der Waals surface area contributed by atoms with Crippen molar-refractivity contribution in [2.75, 3.05) is 7.11 Å². The molecule has 0 saturated carbocycles. The number of fused-ring (bicyclic) bond motifs is 1. The van der Waals surface area contributed by atoms with Gasteiger partial charge < -0.3 is 14.8 Å². The van der Waals surface area contributed by atoms with Gasteiger partial charge in [0.05, 0.1) is 30.1 Å². The van der Waals surface area contributed by atoms with E-state index in [-0.39, 0.29) is 29.8 Å². The van der Waals surface area contributed by atoms with Crippen molar-refractivity contribution in [3.8, 4) is 5.75 Å². The van der Waals surface area contributed by atoms with Crippen molar-refractivity contribution in [3.05, 3.63) is 110 Å². The number of methoxy groups -OCH3 is 1. The summed E-state index contributed by atoms with van der Waals surface area (Å²) >= 11 is 0. The lowest BCUT2D eigenvalue weighted by atomic mass is 10.1. The number of halogens is 3. The second-order valence-corrected chi connectivity index (χ2v) is 8.53. The summed E-state index contributed by atoms with van der Waals surface area (Å²) in [5.41, 5.74) is 0.785. The van der Waals surface area contributed by atoms with Crippen LogP contribution < -0.4 is 21.3 Å². The summed E-state index contributed by atoms with van der Waals surface area (Å²) in [6, 6.07) is 15.6. The zero-order valence-corrected chi connectivity index (χ0v) is 20.7. The Balaban J connectivity index is 1.55. The van der Waals surface area contributed by atoms with E-state index in [2.05, 4.69) is 14.8 Å². The Kier molecular flexibility index (Phi) is 7.56. The van der Waals surface area contributed by atoms with E-state index in [9.17, 15) is 32.3 Å². The van der Waals surface area contributed by atoms with Crippen LogP contribution in [0.2, 0.25) is 0 Å². The number of rotatable bonds is 7. The summed E-state index contributed by atoms with van der Waals surface area (Å²) in [5.74, 6) is -1.42. The van der Waals surface area contributed by atoms with Crippen molar-refractivity contribution in [1.29, 1.82) is 0 Å². The van der Waals surface area contributed by atoms with E-state index >= 15 is 0 Å². The number of benzene rings is 3. The number of aromatic nitrogens is 2. The molecule has 3 aromatic carbocycles. The Labute approximate surface area is 219 Å². The van der Waals surface area contributed by atoms with Crippen LogP contribution in [0.3, 0.4) is 0 Å². The van der Waals surface area contributed by atoms with Crippen molar-refractivity contribution in [2.24, 2.45) is 7.05 Å². The third-order valence-corrected chi connectivity index (χ3v) is 5.94. The molecule has 0 atom stereocenters. The molecule has 0 unspecified atom stereocenters. The normalized spacial score (nSPS) is 11.3. The molecule has 0 spiro atoms. The first-order valence-electron chi connectivity index (χ1n) is 11.5. The molecule has 0 saturated heterocycles. The molecule has 202 valence electrons. The first-order chi connectivity index (χ1) is 18.5. The highest BCUT2D eigenvalue weighted by atomic mass is 19.4. The molecule has 0 aliphatic heterocycles. The molecule has 0 aliphatic rings. The van der Waals surface area contributed by atoms with Gasteiger partial charge in [0.2, 0.25) is 0 Å². The Hall–Kier alpha value is -4.87. The van der Waals surface area contributed by atoms with E-state index < -0.39 is 29.5 Å².